The van der Waals surface area contributed by atoms with E-state index < -0.39 is 0 Å². The van der Waals surface area contributed by atoms with Crippen LogP contribution in [0.1, 0.15) is 36.1 Å². The lowest BCUT2D eigenvalue weighted by atomic mass is 9.96. The number of likely N-dealkylation sites (tertiary alicyclic amines) is 1. The Bertz CT molecular complexity index is 656. The van der Waals surface area contributed by atoms with E-state index in [1.807, 2.05) is 17.0 Å². The third-order valence-corrected chi connectivity index (χ3v) is 4.43. The van der Waals surface area contributed by atoms with Gasteiger partial charge in [-0.25, -0.2) is 4.79 Å². The highest BCUT2D eigenvalue weighted by Crippen LogP contribution is 2.31. The van der Waals surface area contributed by atoms with Crippen molar-refractivity contribution in [1.29, 1.82) is 0 Å². The second-order valence-corrected chi connectivity index (χ2v) is 6.22. The summed E-state index contributed by atoms with van der Waals surface area (Å²) >= 11 is 0. The number of hydrogen-bond donors (Lipinski definition) is 1. The number of aryl methyl sites for hydroxylation is 1. The van der Waals surface area contributed by atoms with E-state index in [0.29, 0.717) is 12.5 Å². The number of carbonyl (C=O) groups is 1. The minimum atomic E-state index is -0.0298. The van der Waals surface area contributed by atoms with E-state index in [4.69, 9.17) is 0 Å². The van der Waals surface area contributed by atoms with Crippen molar-refractivity contribution in [1.82, 2.24) is 20.4 Å². The first-order chi connectivity index (χ1) is 11.1. The minimum absolute atomic E-state index is 0.0298. The molecular formula is C18H22N4O. The third-order valence-electron chi connectivity index (χ3n) is 4.43. The van der Waals surface area contributed by atoms with E-state index in [-0.39, 0.29) is 12.1 Å². The van der Waals surface area contributed by atoms with Gasteiger partial charge in [0.1, 0.15) is 0 Å². The number of nitrogens with one attached hydrogen (secondary N) is 1. The summed E-state index contributed by atoms with van der Waals surface area (Å²) in [6.07, 6.45) is 2.63. The van der Waals surface area contributed by atoms with Crippen LogP contribution in [0.5, 0.6) is 0 Å². The van der Waals surface area contributed by atoms with Crippen molar-refractivity contribution in [3.8, 4) is 0 Å². The maximum atomic E-state index is 12.4. The summed E-state index contributed by atoms with van der Waals surface area (Å²) in [5.41, 5.74) is 3.34. The molecular weight excluding hydrogens is 288 g/mol. The number of urea groups is 1. The van der Waals surface area contributed by atoms with Crippen LogP contribution in [0, 0.1) is 6.92 Å². The number of carbonyl (C=O) groups excluding carboxylic acids is 1. The Kier molecular flexibility index (Phi) is 4.55. The normalized spacial score (nSPS) is 20.5. The Morgan fingerprint density at radius 3 is 2.78 bits per heavy atom. The van der Waals surface area contributed by atoms with Gasteiger partial charge in [-0.2, -0.15) is 10.2 Å². The number of nitrogens with zero attached hydrogens (tertiary/aromatic N) is 3. The molecule has 1 aliphatic heterocycles. The summed E-state index contributed by atoms with van der Waals surface area (Å²) in [5.74, 6) is 0.410. The highest BCUT2D eigenvalue weighted by Gasteiger charge is 2.33. The molecule has 1 aliphatic rings. The molecule has 0 bridgehead atoms. The molecule has 2 aromatic rings. The average molecular weight is 310 g/mol. The van der Waals surface area contributed by atoms with Crippen LogP contribution in [0.15, 0.2) is 42.6 Å². The summed E-state index contributed by atoms with van der Waals surface area (Å²) in [6, 6.07) is 12.5. The number of rotatable bonds is 3. The van der Waals surface area contributed by atoms with Gasteiger partial charge in [-0.05, 0) is 38.0 Å². The Labute approximate surface area is 136 Å². The SMILES string of the molecule is Cc1ccc(C2CC(C)N(C(=O)NCc3cccnn3)C2)cc1. The van der Waals surface area contributed by atoms with Crippen molar-refractivity contribution in [2.45, 2.75) is 38.8 Å². The van der Waals surface area contributed by atoms with Gasteiger partial charge in [0, 0.05) is 24.7 Å². The van der Waals surface area contributed by atoms with Crippen LogP contribution in [-0.2, 0) is 6.54 Å². The molecule has 2 heterocycles. The van der Waals surface area contributed by atoms with Crippen molar-refractivity contribution in [2.75, 3.05) is 6.54 Å². The average Bonchev–Trinajstić information content (AvgIpc) is 2.96. The molecule has 1 aromatic heterocycles. The zero-order valence-electron chi connectivity index (χ0n) is 13.6. The van der Waals surface area contributed by atoms with E-state index in [1.165, 1.54) is 11.1 Å². The van der Waals surface area contributed by atoms with Crippen LogP contribution in [0.3, 0.4) is 0 Å². The molecule has 23 heavy (non-hydrogen) atoms. The molecule has 0 radical (unpaired) electrons. The van der Waals surface area contributed by atoms with E-state index >= 15 is 0 Å². The molecule has 5 heteroatoms. The molecule has 2 amide bonds. The standard InChI is InChI=1S/C18H22N4O/c1-13-5-7-15(8-6-13)16-10-14(2)22(12-16)18(23)19-11-17-4-3-9-20-21-17/h3-9,14,16H,10-12H2,1-2H3,(H,19,23). The smallest absolute Gasteiger partial charge is 0.317 e. The fraction of sp³-hybridized carbons (Fsp3) is 0.389. The molecule has 0 spiro atoms. The first-order valence-electron chi connectivity index (χ1n) is 8.01. The van der Waals surface area contributed by atoms with Crippen LogP contribution < -0.4 is 5.32 Å². The van der Waals surface area contributed by atoms with Crippen LogP contribution in [0.25, 0.3) is 0 Å². The summed E-state index contributed by atoms with van der Waals surface area (Å²) in [6.45, 7) is 5.37. The van der Waals surface area contributed by atoms with Crippen LogP contribution in [0.4, 0.5) is 4.79 Å². The number of aromatic nitrogens is 2. The van der Waals surface area contributed by atoms with E-state index in [1.54, 1.807) is 6.20 Å². The third kappa shape index (κ3) is 3.67. The summed E-state index contributed by atoms with van der Waals surface area (Å²) in [5, 5.41) is 10.7. The van der Waals surface area contributed by atoms with Crippen molar-refractivity contribution in [3.05, 3.63) is 59.4 Å². The van der Waals surface area contributed by atoms with Gasteiger partial charge in [-0.3, -0.25) is 0 Å². The maximum absolute atomic E-state index is 12.4. The summed E-state index contributed by atoms with van der Waals surface area (Å²) in [7, 11) is 0. The Morgan fingerprint density at radius 2 is 2.09 bits per heavy atom. The monoisotopic (exact) mass is 310 g/mol. The lowest BCUT2D eigenvalue weighted by molar-refractivity contribution is 0.195. The second-order valence-electron chi connectivity index (χ2n) is 6.22. The fourth-order valence-electron chi connectivity index (χ4n) is 3.09. The van der Waals surface area contributed by atoms with Gasteiger partial charge in [-0.1, -0.05) is 29.8 Å². The predicted molar refractivity (Wildman–Crippen MR) is 89.0 cm³/mol. The lowest BCUT2D eigenvalue weighted by Gasteiger charge is -2.21. The first kappa shape index (κ1) is 15.5. The zero-order chi connectivity index (χ0) is 16.2. The molecule has 2 atom stereocenters. The number of hydrogen-bond acceptors (Lipinski definition) is 3. The number of amides is 2. The molecule has 0 aliphatic carbocycles. The van der Waals surface area contributed by atoms with Gasteiger partial charge in [0.05, 0.1) is 12.2 Å². The van der Waals surface area contributed by atoms with Gasteiger partial charge >= 0.3 is 6.03 Å². The van der Waals surface area contributed by atoms with E-state index in [9.17, 15) is 4.79 Å². The first-order valence-corrected chi connectivity index (χ1v) is 8.01. The molecule has 1 N–H and O–H groups in total. The molecule has 3 rings (SSSR count). The Morgan fingerprint density at radius 1 is 1.30 bits per heavy atom. The van der Waals surface area contributed by atoms with E-state index in [2.05, 4.69) is 53.6 Å². The molecule has 2 unspecified atom stereocenters. The van der Waals surface area contributed by atoms with Gasteiger partial charge < -0.3 is 10.2 Å². The Balaban J connectivity index is 1.59. The molecule has 1 fully saturated rings. The quantitative estimate of drug-likeness (QED) is 0.948. The lowest BCUT2D eigenvalue weighted by Crippen LogP contribution is -2.41. The van der Waals surface area contributed by atoms with Crippen LogP contribution >= 0.6 is 0 Å². The van der Waals surface area contributed by atoms with Gasteiger partial charge in [0.2, 0.25) is 0 Å². The predicted octanol–water partition coefficient (Wildman–Crippen LogP) is 2.87. The molecule has 5 nitrogen and oxygen atoms in total. The van der Waals surface area contributed by atoms with Crippen molar-refractivity contribution in [2.24, 2.45) is 0 Å². The molecule has 0 saturated carbocycles. The highest BCUT2D eigenvalue weighted by molar-refractivity contribution is 5.75. The molecule has 1 saturated heterocycles. The Hall–Kier alpha value is -2.43. The zero-order valence-corrected chi connectivity index (χ0v) is 13.6. The minimum Gasteiger partial charge on any atom is -0.332 e. The fourth-order valence-corrected chi connectivity index (χ4v) is 3.09. The van der Waals surface area contributed by atoms with Crippen molar-refractivity contribution < 1.29 is 4.79 Å². The topological polar surface area (TPSA) is 58.1 Å². The van der Waals surface area contributed by atoms with Crippen molar-refractivity contribution in [3.63, 3.8) is 0 Å². The van der Waals surface area contributed by atoms with Gasteiger partial charge in [0.15, 0.2) is 0 Å². The highest BCUT2D eigenvalue weighted by atomic mass is 16.2. The molecule has 120 valence electrons. The van der Waals surface area contributed by atoms with Crippen molar-refractivity contribution >= 4 is 6.03 Å². The van der Waals surface area contributed by atoms with E-state index in [0.717, 1.165) is 18.7 Å². The van der Waals surface area contributed by atoms with Crippen LogP contribution in [-0.4, -0.2) is 33.7 Å². The maximum Gasteiger partial charge on any atom is 0.317 e. The number of benzene rings is 1. The molecule has 1 aromatic carbocycles. The second kappa shape index (κ2) is 6.77. The summed E-state index contributed by atoms with van der Waals surface area (Å²) < 4.78 is 0. The van der Waals surface area contributed by atoms with Crippen LogP contribution in [0.2, 0.25) is 0 Å². The van der Waals surface area contributed by atoms with Gasteiger partial charge in [-0.15, -0.1) is 0 Å². The summed E-state index contributed by atoms with van der Waals surface area (Å²) in [4.78, 5) is 14.3. The van der Waals surface area contributed by atoms with Gasteiger partial charge in [0.25, 0.3) is 0 Å². The largest absolute Gasteiger partial charge is 0.332 e.